The van der Waals surface area contributed by atoms with E-state index in [-0.39, 0.29) is 17.3 Å². The summed E-state index contributed by atoms with van der Waals surface area (Å²) in [6.07, 6.45) is 1.56. The van der Waals surface area contributed by atoms with Crippen molar-refractivity contribution in [2.24, 2.45) is 0 Å². The van der Waals surface area contributed by atoms with Crippen LogP contribution in [0.1, 0.15) is 28.4 Å². The number of hydrogen-bond donors (Lipinski definition) is 1. The topological polar surface area (TPSA) is 134 Å². The number of rotatable bonds is 7. The third-order valence-corrected chi connectivity index (χ3v) is 6.26. The van der Waals surface area contributed by atoms with Gasteiger partial charge in [0.05, 0.1) is 10.4 Å². The summed E-state index contributed by atoms with van der Waals surface area (Å²) in [7, 11) is 0. The minimum atomic E-state index is -0.475. The quantitative estimate of drug-likeness (QED) is 0.318. The van der Waals surface area contributed by atoms with E-state index in [1.54, 1.807) is 11.0 Å². The van der Waals surface area contributed by atoms with Gasteiger partial charge in [-0.1, -0.05) is 35.0 Å². The van der Waals surface area contributed by atoms with Crippen LogP contribution in [0.25, 0.3) is 22.3 Å². The van der Waals surface area contributed by atoms with Gasteiger partial charge in [-0.25, -0.2) is 0 Å². The number of aromatic nitrogens is 4. The van der Waals surface area contributed by atoms with Crippen LogP contribution in [0.2, 0.25) is 0 Å². The number of carbonyl (C=O) groups excluding carboxylic acids is 1. The predicted octanol–water partition coefficient (Wildman–Crippen LogP) is 3.22. The highest BCUT2D eigenvalue weighted by atomic mass is 16.6. The van der Waals surface area contributed by atoms with Crippen LogP contribution in [0.5, 0.6) is 0 Å². The van der Waals surface area contributed by atoms with Gasteiger partial charge >= 0.3 is 0 Å². The first-order valence-corrected chi connectivity index (χ1v) is 11.5. The summed E-state index contributed by atoms with van der Waals surface area (Å²) >= 11 is 0. The van der Waals surface area contributed by atoms with E-state index >= 15 is 0 Å². The molecule has 1 saturated heterocycles. The first-order chi connectivity index (χ1) is 17.0. The number of H-pyrrole nitrogens is 1. The second kappa shape index (κ2) is 9.63. The molecular formula is C24H25N7O4. The van der Waals surface area contributed by atoms with Gasteiger partial charge in [0, 0.05) is 55.7 Å². The number of fused-ring (bicyclic) bond motifs is 1. The summed E-state index contributed by atoms with van der Waals surface area (Å²) in [4.78, 5) is 32.2. The maximum atomic E-state index is 13.0. The lowest BCUT2D eigenvalue weighted by molar-refractivity contribution is -0.384. The molecule has 0 saturated carbocycles. The van der Waals surface area contributed by atoms with Gasteiger partial charge in [-0.2, -0.15) is 10.1 Å². The van der Waals surface area contributed by atoms with E-state index in [1.807, 2.05) is 31.2 Å². The van der Waals surface area contributed by atoms with Crippen LogP contribution in [0.4, 0.5) is 5.69 Å². The van der Waals surface area contributed by atoms with Gasteiger partial charge in [0.15, 0.2) is 5.69 Å². The molecule has 11 heteroatoms. The average molecular weight is 476 g/mol. The molecule has 1 fully saturated rings. The van der Waals surface area contributed by atoms with Gasteiger partial charge in [0.1, 0.15) is 0 Å². The van der Waals surface area contributed by atoms with Crippen molar-refractivity contribution in [2.45, 2.75) is 19.8 Å². The van der Waals surface area contributed by atoms with E-state index in [2.05, 4.69) is 25.2 Å². The number of nitrogens with one attached hydrogen (secondary N) is 1. The van der Waals surface area contributed by atoms with Gasteiger partial charge in [-0.3, -0.25) is 24.9 Å². The molecule has 180 valence electrons. The highest BCUT2D eigenvalue weighted by Gasteiger charge is 2.26. The predicted molar refractivity (Wildman–Crippen MR) is 128 cm³/mol. The Balaban J connectivity index is 1.12. The third kappa shape index (κ3) is 4.90. The highest BCUT2D eigenvalue weighted by Crippen LogP contribution is 2.23. The Bertz CT molecular complexity index is 1350. The monoisotopic (exact) mass is 475 g/mol. The molecule has 4 aromatic rings. The fourth-order valence-corrected chi connectivity index (χ4v) is 4.23. The van der Waals surface area contributed by atoms with E-state index in [0.29, 0.717) is 42.1 Å². The summed E-state index contributed by atoms with van der Waals surface area (Å²) in [5.74, 6) is 1.00. The highest BCUT2D eigenvalue weighted by molar-refractivity contribution is 6.05. The Morgan fingerprint density at radius 3 is 2.66 bits per heavy atom. The number of non-ortho nitro benzene ring substituents is 1. The molecule has 0 atom stereocenters. The number of benzene rings is 2. The van der Waals surface area contributed by atoms with E-state index in [0.717, 1.165) is 31.6 Å². The van der Waals surface area contributed by atoms with Crippen LogP contribution in [0.15, 0.2) is 47.0 Å². The summed E-state index contributed by atoms with van der Waals surface area (Å²) in [5.41, 5.74) is 2.87. The van der Waals surface area contributed by atoms with Crippen LogP contribution in [0, 0.1) is 17.0 Å². The van der Waals surface area contributed by atoms with Crippen molar-refractivity contribution in [3.63, 3.8) is 0 Å². The van der Waals surface area contributed by atoms with Crippen molar-refractivity contribution >= 4 is 22.5 Å². The van der Waals surface area contributed by atoms with Crippen LogP contribution in [0.3, 0.4) is 0 Å². The lowest BCUT2D eigenvalue weighted by atomic mass is 10.1. The number of carbonyl (C=O) groups is 1. The molecule has 5 rings (SSSR count). The van der Waals surface area contributed by atoms with Crippen molar-refractivity contribution in [3.8, 4) is 11.4 Å². The molecule has 1 aliphatic rings. The fraction of sp³-hybridized carbons (Fsp3) is 0.333. The van der Waals surface area contributed by atoms with Gasteiger partial charge in [0.25, 0.3) is 11.6 Å². The van der Waals surface area contributed by atoms with E-state index in [4.69, 9.17) is 4.52 Å². The molecule has 2 aromatic carbocycles. The van der Waals surface area contributed by atoms with Gasteiger partial charge in [0.2, 0.25) is 11.7 Å². The van der Waals surface area contributed by atoms with Crippen molar-refractivity contribution in [2.75, 3.05) is 32.7 Å². The SMILES string of the molecule is Cc1ccc(-c2noc(CCCN3CCN(C(=O)c4n[nH]c5ccc([N+](=O)[O-])cc45)CC3)n2)cc1. The van der Waals surface area contributed by atoms with Crippen molar-refractivity contribution in [1.82, 2.24) is 30.1 Å². The Labute approximate surface area is 200 Å². The first kappa shape index (κ1) is 22.7. The second-order valence-electron chi connectivity index (χ2n) is 8.67. The zero-order chi connectivity index (χ0) is 24.4. The molecule has 3 heterocycles. The first-order valence-electron chi connectivity index (χ1n) is 11.5. The zero-order valence-electron chi connectivity index (χ0n) is 19.3. The fourth-order valence-electron chi connectivity index (χ4n) is 4.23. The molecule has 2 aromatic heterocycles. The molecule has 0 aliphatic carbocycles. The van der Waals surface area contributed by atoms with Crippen LogP contribution >= 0.6 is 0 Å². The summed E-state index contributed by atoms with van der Waals surface area (Å²) < 4.78 is 5.40. The molecule has 11 nitrogen and oxygen atoms in total. The third-order valence-electron chi connectivity index (χ3n) is 6.26. The number of amides is 1. The summed E-state index contributed by atoms with van der Waals surface area (Å²) in [6, 6.07) is 12.4. The number of aromatic amines is 1. The maximum Gasteiger partial charge on any atom is 0.275 e. The molecule has 1 N–H and O–H groups in total. The van der Waals surface area contributed by atoms with E-state index in [1.165, 1.54) is 17.7 Å². The van der Waals surface area contributed by atoms with Gasteiger partial charge < -0.3 is 9.42 Å². The molecule has 0 unspecified atom stereocenters. The maximum absolute atomic E-state index is 13.0. The number of aryl methyl sites for hydroxylation is 2. The Kier molecular flexibility index (Phi) is 6.23. The lowest BCUT2D eigenvalue weighted by Crippen LogP contribution is -2.49. The molecule has 0 radical (unpaired) electrons. The number of nitro benzene ring substituents is 1. The molecule has 35 heavy (non-hydrogen) atoms. The second-order valence-corrected chi connectivity index (χ2v) is 8.67. The average Bonchev–Trinajstić information content (AvgIpc) is 3.51. The number of nitro groups is 1. The van der Waals surface area contributed by atoms with Crippen LogP contribution < -0.4 is 0 Å². The van der Waals surface area contributed by atoms with E-state index < -0.39 is 4.92 Å². The van der Waals surface area contributed by atoms with Crippen molar-refractivity contribution in [3.05, 3.63) is 69.7 Å². The molecule has 0 bridgehead atoms. The van der Waals surface area contributed by atoms with Crippen molar-refractivity contribution in [1.29, 1.82) is 0 Å². The normalized spacial score (nSPS) is 14.5. The Morgan fingerprint density at radius 2 is 1.91 bits per heavy atom. The van der Waals surface area contributed by atoms with Gasteiger partial charge in [-0.15, -0.1) is 0 Å². The number of hydrogen-bond acceptors (Lipinski definition) is 8. The minimum Gasteiger partial charge on any atom is -0.339 e. The smallest absolute Gasteiger partial charge is 0.275 e. The molecule has 0 spiro atoms. The largest absolute Gasteiger partial charge is 0.339 e. The minimum absolute atomic E-state index is 0.0648. The van der Waals surface area contributed by atoms with Crippen LogP contribution in [-0.2, 0) is 6.42 Å². The van der Waals surface area contributed by atoms with Gasteiger partial charge in [-0.05, 0) is 26.0 Å². The van der Waals surface area contributed by atoms with Crippen LogP contribution in [-0.4, -0.2) is 73.7 Å². The standard InChI is InChI=1S/C24H25N7O4/c1-16-4-6-17(7-5-16)23-25-21(35-28-23)3-2-10-29-11-13-30(14-12-29)24(32)22-19-15-18(31(33)34)8-9-20(19)26-27-22/h4-9,15H,2-3,10-14H2,1H3,(H,26,27). The van der Waals surface area contributed by atoms with Crippen molar-refractivity contribution < 1.29 is 14.2 Å². The number of nitrogens with zero attached hydrogens (tertiary/aromatic N) is 6. The Hall–Kier alpha value is -4.12. The number of piperazine rings is 1. The molecular weight excluding hydrogens is 450 g/mol. The molecule has 1 amide bonds. The summed E-state index contributed by atoms with van der Waals surface area (Å²) in [5, 5.41) is 22.6. The lowest BCUT2D eigenvalue weighted by Gasteiger charge is -2.34. The van der Waals surface area contributed by atoms with E-state index in [9.17, 15) is 14.9 Å². The zero-order valence-corrected chi connectivity index (χ0v) is 19.3. The Morgan fingerprint density at radius 1 is 1.14 bits per heavy atom. The molecule has 1 aliphatic heterocycles. The summed E-state index contributed by atoms with van der Waals surface area (Å²) in [6.45, 7) is 5.52.